The maximum Gasteiger partial charge on any atom is 0.165 e. The van der Waals surface area contributed by atoms with Gasteiger partial charge in [0.25, 0.3) is 0 Å². The van der Waals surface area contributed by atoms with Crippen molar-refractivity contribution >= 4 is 17.3 Å². The van der Waals surface area contributed by atoms with E-state index >= 15 is 0 Å². The number of carbonyl (C=O) groups is 3. The lowest BCUT2D eigenvalue weighted by Crippen LogP contribution is -2.14. The molecule has 3 heteroatoms. The lowest BCUT2D eigenvalue weighted by atomic mass is 9.92. The highest BCUT2D eigenvalue weighted by atomic mass is 16.1. The molecular formula is C21H22O3. The van der Waals surface area contributed by atoms with Crippen LogP contribution in [-0.2, 0) is 17.6 Å². The van der Waals surface area contributed by atoms with Crippen molar-refractivity contribution in [2.24, 2.45) is 5.92 Å². The minimum Gasteiger partial charge on any atom is -0.300 e. The van der Waals surface area contributed by atoms with Crippen LogP contribution in [0.4, 0.5) is 0 Å². The number of Topliss-reactive ketones (excluding diaryl/α,β-unsaturated/α-hetero) is 3. The Balaban J connectivity index is 2.03. The summed E-state index contributed by atoms with van der Waals surface area (Å²) in [5.74, 6) is 0.0830. The van der Waals surface area contributed by atoms with Crippen molar-refractivity contribution in [3.8, 4) is 0 Å². The first-order valence-electron chi connectivity index (χ1n) is 8.09. The van der Waals surface area contributed by atoms with E-state index in [1.807, 2.05) is 31.2 Å². The number of carbonyl (C=O) groups excluding carboxylic acids is 3. The molecule has 0 N–H and O–H groups in total. The monoisotopic (exact) mass is 322 g/mol. The van der Waals surface area contributed by atoms with Crippen molar-refractivity contribution < 1.29 is 14.4 Å². The fraction of sp³-hybridized carbons (Fsp3) is 0.286. The molecule has 0 aliphatic rings. The van der Waals surface area contributed by atoms with E-state index in [1.54, 1.807) is 31.2 Å². The van der Waals surface area contributed by atoms with E-state index in [1.165, 1.54) is 6.92 Å². The number of hydrogen-bond donors (Lipinski definition) is 0. The maximum absolute atomic E-state index is 12.5. The number of ketones is 3. The molecule has 0 bridgehead atoms. The van der Waals surface area contributed by atoms with Gasteiger partial charge in [-0.3, -0.25) is 14.4 Å². The van der Waals surface area contributed by atoms with Crippen LogP contribution in [0, 0.1) is 5.92 Å². The molecule has 24 heavy (non-hydrogen) atoms. The van der Waals surface area contributed by atoms with Gasteiger partial charge in [0.1, 0.15) is 5.78 Å². The number of benzene rings is 2. The van der Waals surface area contributed by atoms with Gasteiger partial charge in [-0.05, 0) is 31.4 Å². The molecule has 2 aromatic rings. The summed E-state index contributed by atoms with van der Waals surface area (Å²) in [6.45, 7) is 5.00. The second-order valence-corrected chi connectivity index (χ2v) is 6.30. The number of rotatable bonds is 7. The third-order valence-electron chi connectivity index (χ3n) is 4.04. The van der Waals surface area contributed by atoms with Gasteiger partial charge in [-0.25, -0.2) is 0 Å². The lowest BCUT2D eigenvalue weighted by Gasteiger charge is -2.11. The highest BCUT2D eigenvalue weighted by Crippen LogP contribution is 2.16. The number of hydrogen-bond acceptors (Lipinski definition) is 3. The largest absolute Gasteiger partial charge is 0.300 e. The second kappa shape index (κ2) is 7.82. The first-order valence-corrected chi connectivity index (χ1v) is 8.09. The Hall–Kier alpha value is -2.55. The van der Waals surface area contributed by atoms with Crippen molar-refractivity contribution in [1.82, 2.24) is 0 Å². The summed E-state index contributed by atoms with van der Waals surface area (Å²) < 4.78 is 0. The van der Waals surface area contributed by atoms with Crippen LogP contribution in [0.15, 0.2) is 48.5 Å². The van der Waals surface area contributed by atoms with Gasteiger partial charge in [-0.2, -0.15) is 0 Å². The molecule has 3 nitrogen and oxygen atoms in total. The maximum atomic E-state index is 12.5. The fourth-order valence-corrected chi connectivity index (χ4v) is 2.68. The van der Waals surface area contributed by atoms with Gasteiger partial charge < -0.3 is 0 Å². The van der Waals surface area contributed by atoms with E-state index in [2.05, 4.69) is 0 Å². The molecule has 0 radical (unpaired) electrons. The minimum absolute atomic E-state index is 0.0383. The average molecular weight is 322 g/mol. The quantitative estimate of drug-likeness (QED) is 0.722. The second-order valence-electron chi connectivity index (χ2n) is 6.30. The van der Waals surface area contributed by atoms with Crippen LogP contribution < -0.4 is 0 Å². The van der Waals surface area contributed by atoms with E-state index in [4.69, 9.17) is 0 Å². The molecular weight excluding hydrogens is 300 g/mol. The Morgan fingerprint density at radius 2 is 1.29 bits per heavy atom. The van der Waals surface area contributed by atoms with Crippen molar-refractivity contribution in [3.05, 3.63) is 70.8 Å². The molecule has 0 fully saturated rings. The molecule has 0 aliphatic carbocycles. The van der Waals surface area contributed by atoms with Crippen LogP contribution in [0.5, 0.6) is 0 Å². The van der Waals surface area contributed by atoms with Gasteiger partial charge in [0.15, 0.2) is 11.6 Å². The van der Waals surface area contributed by atoms with Gasteiger partial charge in [-0.1, -0.05) is 55.5 Å². The lowest BCUT2D eigenvalue weighted by molar-refractivity contribution is -0.116. The molecule has 0 aliphatic heterocycles. The summed E-state index contributed by atoms with van der Waals surface area (Å²) in [5.41, 5.74) is 3.30. The summed E-state index contributed by atoms with van der Waals surface area (Å²) in [6, 6.07) is 14.6. The summed E-state index contributed by atoms with van der Waals surface area (Å²) >= 11 is 0. The Bertz CT molecular complexity index is 740. The average Bonchev–Trinajstić information content (AvgIpc) is 2.54. The molecule has 0 heterocycles. The summed E-state index contributed by atoms with van der Waals surface area (Å²) in [4.78, 5) is 34.9. The van der Waals surface area contributed by atoms with Crippen LogP contribution in [0.3, 0.4) is 0 Å². The van der Waals surface area contributed by atoms with Crippen molar-refractivity contribution in [3.63, 3.8) is 0 Å². The standard InChI is InChI=1S/C21H22O3/c1-14(12-17-4-8-19(9-5-17)16(3)23)21(24)20-10-6-18(7-11-20)13-15(2)22/h4-11,14H,12-13H2,1-3H3. The predicted octanol–water partition coefficient (Wildman–Crippen LogP) is 4.08. The van der Waals surface area contributed by atoms with Gasteiger partial charge in [0.05, 0.1) is 0 Å². The highest BCUT2D eigenvalue weighted by molar-refractivity contribution is 5.98. The molecule has 1 atom stereocenters. The van der Waals surface area contributed by atoms with Crippen LogP contribution >= 0.6 is 0 Å². The highest BCUT2D eigenvalue weighted by Gasteiger charge is 2.16. The van der Waals surface area contributed by atoms with Gasteiger partial charge in [0.2, 0.25) is 0 Å². The molecule has 0 saturated heterocycles. The molecule has 0 spiro atoms. The normalized spacial score (nSPS) is 11.8. The third-order valence-corrected chi connectivity index (χ3v) is 4.04. The van der Waals surface area contributed by atoms with Crippen molar-refractivity contribution in [1.29, 1.82) is 0 Å². The fourth-order valence-electron chi connectivity index (χ4n) is 2.68. The van der Waals surface area contributed by atoms with E-state index in [-0.39, 0.29) is 23.3 Å². The zero-order valence-corrected chi connectivity index (χ0v) is 14.3. The summed E-state index contributed by atoms with van der Waals surface area (Å²) in [6.07, 6.45) is 1.03. The van der Waals surface area contributed by atoms with E-state index < -0.39 is 0 Å². The predicted molar refractivity (Wildman–Crippen MR) is 94.5 cm³/mol. The molecule has 0 amide bonds. The van der Waals surface area contributed by atoms with E-state index in [0.717, 1.165) is 11.1 Å². The Kier molecular flexibility index (Phi) is 5.80. The smallest absolute Gasteiger partial charge is 0.165 e. The van der Waals surface area contributed by atoms with Crippen LogP contribution in [0.25, 0.3) is 0 Å². The SMILES string of the molecule is CC(=O)Cc1ccc(C(=O)C(C)Cc2ccc(C(C)=O)cc2)cc1. The Morgan fingerprint density at radius 3 is 1.79 bits per heavy atom. The molecule has 0 saturated carbocycles. The first-order chi connectivity index (χ1) is 11.4. The summed E-state index contributed by atoms with van der Waals surface area (Å²) in [7, 11) is 0. The molecule has 1 unspecified atom stereocenters. The Labute approximate surface area is 142 Å². The molecule has 2 aromatic carbocycles. The van der Waals surface area contributed by atoms with Gasteiger partial charge in [-0.15, -0.1) is 0 Å². The van der Waals surface area contributed by atoms with Crippen molar-refractivity contribution in [2.45, 2.75) is 33.6 Å². The van der Waals surface area contributed by atoms with Crippen LogP contribution in [0.1, 0.15) is 52.6 Å². The minimum atomic E-state index is -0.146. The molecule has 124 valence electrons. The zero-order chi connectivity index (χ0) is 17.7. The molecule has 2 rings (SSSR count). The summed E-state index contributed by atoms with van der Waals surface area (Å²) in [5, 5.41) is 0. The third kappa shape index (κ3) is 4.72. The van der Waals surface area contributed by atoms with Crippen molar-refractivity contribution in [2.75, 3.05) is 0 Å². The first kappa shape index (κ1) is 17.8. The van der Waals surface area contributed by atoms with Gasteiger partial charge in [0, 0.05) is 23.5 Å². The van der Waals surface area contributed by atoms with Crippen LogP contribution in [-0.4, -0.2) is 17.3 Å². The topological polar surface area (TPSA) is 51.2 Å². The van der Waals surface area contributed by atoms with Gasteiger partial charge >= 0.3 is 0 Å². The molecule has 0 aromatic heterocycles. The van der Waals surface area contributed by atoms with E-state index in [0.29, 0.717) is 24.0 Å². The zero-order valence-electron chi connectivity index (χ0n) is 14.3. The Morgan fingerprint density at radius 1 is 0.792 bits per heavy atom. The van der Waals surface area contributed by atoms with E-state index in [9.17, 15) is 14.4 Å². The van der Waals surface area contributed by atoms with Crippen LogP contribution in [0.2, 0.25) is 0 Å².